The average Bonchev–Trinajstić information content (AvgIpc) is 1.98. The van der Waals surface area contributed by atoms with Crippen molar-refractivity contribution in [3.05, 3.63) is 0 Å². The fraction of sp³-hybridized carbons (Fsp3) is 0.833. The minimum atomic E-state index is -0.768. The zero-order valence-corrected chi connectivity index (χ0v) is 5.73. The van der Waals surface area contributed by atoms with Gasteiger partial charge in [-0.25, -0.2) is 0 Å². The van der Waals surface area contributed by atoms with E-state index >= 15 is 0 Å². The first-order valence-electron chi connectivity index (χ1n) is 3.20. The van der Waals surface area contributed by atoms with Crippen LogP contribution in [0.15, 0.2) is 0 Å². The molecule has 2 atom stereocenters. The van der Waals surface area contributed by atoms with Crippen molar-refractivity contribution in [2.45, 2.75) is 25.0 Å². The van der Waals surface area contributed by atoms with Crippen LogP contribution < -0.4 is 5.73 Å². The van der Waals surface area contributed by atoms with E-state index in [1.165, 1.54) is 0 Å². The van der Waals surface area contributed by atoms with Crippen LogP contribution in [0, 0.1) is 0 Å². The van der Waals surface area contributed by atoms with Gasteiger partial charge in [0.2, 0.25) is 0 Å². The maximum atomic E-state index is 9.81. The molecule has 0 aliphatic carbocycles. The summed E-state index contributed by atoms with van der Waals surface area (Å²) in [6, 6.07) is -0.625. The van der Waals surface area contributed by atoms with Crippen molar-refractivity contribution in [3.8, 4) is 0 Å². The molecule has 0 saturated carbocycles. The SMILES string of the molecule is N[C@@H](CO)[C@@H](O)CCC=O. The van der Waals surface area contributed by atoms with E-state index in [0.29, 0.717) is 12.7 Å². The van der Waals surface area contributed by atoms with E-state index in [4.69, 9.17) is 15.9 Å². The number of hydrogen-bond acceptors (Lipinski definition) is 4. The molecule has 0 aromatic rings. The van der Waals surface area contributed by atoms with Crippen molar-refractivity contribution in [3.63, 3.8) is 0 Å². The molecule has 4 N–H and O–H groups in total. The summed E-state index contributed by atoms with van der Waals surface area (Å²) >= 11 is 0. The highest BCUT2D eigenvalue weighted by Gasteiger charge is 2.11. The van der Waals surface area contributed by atoms with Gasteiger partial charge in [0.05, 0.1) is 18.8 Å². The number of carbonyl (C=O) groups excluding carboxylic acids is 1. The van der Waals surface area contributed by atoms with Crippen LogP contribution in [0.3, 0.4) is 0 Å². The van der Waals surface area contributed by atoms with Gasteiger partial charge in [-0.05, 0) is 6.42 Å². The highest BCUT2D eigenvalue weighted by Crippen LogP contribution is 1.97. The van der Waals surface area contributed by atoms with Crippen LogP contribution in [-0.2, 0) is 4.79 Å². The quantitative estimate of drug-likeness (QED) is 0.420. The standard InChI is InChI=1S/C6H13NO3/c7-5(4-9)6(10)2-1-3-8/h3,5-6,9-10H,1-2,4,7H2/t5-,6-/m0/s1. The minimum Gasteiger partial charge on any atom is -0.395 e. The van der Waals surface area contributed by atoms with Crippen molar-refractivity contribution in [1.82, 2.24) is 0 Å². The van der Waals surface area contributed by atoms with Crippen molar-refractivity contribution in [2.75, 3.05) is 6.61 Å². The topological polar surface area (TPSA) is 83.6 Å². The van der Waals surface area contributed by atoms with E-state index in [0.717, 1.165) is 0 Å². The highest BCUT2D eigenvalue weighted by molar-refractivity contribution is 5.49. The van der Waals surface area contributed by atoms with Gasteiger partial charge in [0.15, 0.2) is 0 Å². The lowest BCUT2D eigenvalue weighted by molar-refractivity contribution is -0.108. The Morgan fingerprint density at radius 2 is 2.20 bits per heavy atom. The van der Waals surface area contributed by atoms with Gasteiger partial charge in [-0.2, -0.15) is 0 Å². The van der Waals surface area contributed by atoms with Gasteiger partial charge in [-0.15, -0.1) is 0 Å². The number of aliphatic hydroxyl groups is 2. The molecule has 0 aliphatic heterocycles. The number of hydrogen-bond donors (Lipinski definition) is 3. The first-order valence-corrected chi connectivity index (χ1v) is 3.20. The van der Waals surface area contributed by atoms with Gasteiger partial charge < -0.3 is 20.7 Å². The van der Waals surface area contributed by atoms with Gasteiger partial charge in [0.25, 0.3) is 0 Å². The lowest BCUT2D eigenvalue weighted by Crippen LogP contribution is -2.37. The largest absolute Gasteiger partial charge is 0.395 e. The van der Waals surface area contributed by atoms with Gasteiger partial charge in [0.1, 0.15) is 6.29 Å². The van der Waals surface area contributed by atoms with Crippen LogP contribution in [0.5, 0.6) is 0 Å². The Morgan fingerprint density at radius 1 is 1.60 bits per heavy atom. The third-order valence-corrected chi connectivity index (χ3v) is 1.29. The Hall–Kier alpha value is -0.450. The molecule has 4 heteroatoms. The molecular formula is C6H13NO3. The number of nitrogens with two attached hydrogens (primary N) is 1. The van der Waals surface area contributed by atoms with Gasteiger partial charge >= 0.3 is 0 Å². The molecule has 0 bridgehead atoms. The van der Waals surface area contributed by atoms with E-state index in [1.807, 2.05) is 0 Å². The third-order valence-electron chi connectivity index (χ3n) is 1.29. The summed E-state index contributed by atoms with van der Waals surface area (Å²) < 4.78 is 0. The van der Waals surface area contributed by atoms with Crippen LogP contribution in [0.2, 0.25) is 0 Å². The Kier molecular flexibility index (Phi) is 5.10. The Balaban J connectivity index is 3.40. The van der Waals surface area contributed by atoms with E-state index in [-0.39, 0.29) is 13.0 Å². The van der Waals surface area contributed by atoms with Crippen molar-refractivity contribution < 1.29 is 15.0 Å². The lowest BCUT2D eigenvalue weighted by Gasteiger charge is -2.14. The average molecular weight is 147 g/mol. The summed E-state index contributed by atoms with van der Waals surface area (Å²) in [5, 5.41) is 17.4. The molecule has 0 aromatic heterocycles. The predicted octanol–water partition coefficient (Wildman–Crippen LogP) is -1.35. The fourth-order valence-electron chi connectivity index (χ4n) is 0.575. The van der Waals surface area contributed by atoms with Gasteiger partial charge in [-0.1, -0.05) is 0 Å². The maximum absolute atomic E-state index is 9.81. The second-order valence-corrected chi connectivity index (χ2v) is 2.16. The molecule has 0 radical (unpaired) electrons. The summed E-state index contributed by atoms with van der Waals surface area (Å²) in [7, 11) is 0. The van der Waals surface area contributed by atoms with Crippen LogP contribution in [-0.4, -0.2) is 35.3 Å². The second kappa shape index (κ2) is 5.34. The summed E-state index contributed by atoms with van der Waals surface area (Å²) in [6.07, 6.45) is 0.558. The van der Waals surface area contributed by atoms with E-state index < -0.39 is 12.1 Å². The van der Waals surface area contributed by atoms with Crippen molar-refractivity contribution >= 4 is 6.29 Å². The Bertz CT molecular complexity index is 97.0. The Morgan fingerprint density at radius 3 is 2.60 bits per heavy atom. The van der Waals surface area contributed by atoms with Crippen LogP contribution in [0.1, 0.15) is 12.8 Å². The van der Waals surface area contributed by atoms with E-state index in [9.17, 15) is 4.79 Å². The molecule has 60 valence electrons. The van der Waals surface area contributed by atoms with Gasteiger partial charge in [-0.3, -0.25) is 0 Å². The van der Waals surface area contributed by atoms with Crippen LogP contribution >= 0.6 is 0 Å². The molecule has 4 nitrogen and oxygen atoms in total. The van der Waals surface area contributed by atoms with Crippen LogP contribution in [0.25, 0.3) is 0 Å². The predicted molar refractivity (Wildman–Crippen MR) is 36.4 cm³/mol. The van der Waals surface area contributed by atoms with E-state index in [2.05, 4.69) is 0 Å². The zero-order valence-electron chi connectivity index (χ0n) is 5.73. The van der Waals surface area contributed by atoms with Crippen molar-refractivity contribution in [1.29, 1.82) is 0 Å². The monoisotopic (exact) mass is 147 g/mol. The third kappa shape index (κ3) is 3.55. The smallest absolute Gasteiger partial charge is 0.120 e. The molecule has 0 fully saturated rings. The summed E-state index contributed by atoms with van der Waals surface area (Å²) in [6.45, 7) is -0.250. The summed E-state index contributed by atoms with van der Waals surface area (Å²) in [4.78, 5) is 9.81. The molecule has 0 unspecified atom stereocenters. The molecule has 0 saturated heterocycles. The van der Waals surface area contributed by atoms with Crippen LogP contribution in [0.4, 0.5) is 0 Å². The molecule has 0 heterocycles. The van der Waals surface area contributed by atoms with Crippen molar-refractivity contribution in [2.24, 2.45) is 5.73 Å². The Labute approximate surface area is 59.7 Å². The van der Waals surface area contributed by atoms with Gasteiger partial charge in [0, 0.05) is 6.42 Å². The number of carbonyl (C=O) groups is 1. The van der Waals surface area contributed by atoms with E-state index in [1.54, 1.807) is 0 Å². The number of rotatable bonds is 5. The maximum Gasteiger partial charge on any atom is 0.120 e. The molecule has 0 aliphatic rings. The summed E-state index contributed by atoms with van der Waals surface area (Å²) in [5.74, 6) is 0. The minimum absolute atomic E-state index is 0.250. The molecule has 0 amide bonds. The summed E-state index contributed by atoms with van der Waals surface area (Å²) in [5.41, 5.74) is 5.24. The number of aliphatic hydroxyl groups excluding tert-OH is 2. The second-order valence-electron chi connectivity index (χ2n) is 2.16. The highest BCUT2D eigenvalue weighted by atomic mass is 16.3. The normalized spacial score (nSPS) is 16.3. The first-order chi connectivity index (χ1) is 4.72. The lowest BCUT2D eigenvalue weighted by atomic mass is 10.1. The zero-order chi connectivity index (χ0) is 7.98. The molecule has 10 heavy (non-hydrogen) atoms. The first kappa shape index (κ1) is 9.55. The molecule has 0 aromatic carbocycles. The fourth-order valence-corrected chi connectivity index (χ4v) is 0.575. The molecule has 0 spiro atoms. The molecular weight excluding hydrogens is 134 g/mol. The number of aldehydes is 1. The molecule has 0 rings (SSSR count).